The lowest BCUT2D eigenvalue weighted by Gasteiger charge is -2.08. The summed E-state index contributed by atoms with van der Waals surface area (Å²) in [5.74, 6) is -0.180. The van der Waals surface area contributed by atoms with Crippen molar-refractivity contribution >= 4 is 33.2 Å². The Hall–Kier alpha value is -1.66. The minimum atomic E-state index is -0.536. The maximum absolute atomic E-state index is 13.2. The van der Waals surface area contributed by atoms with Gasteiger partial charge in [0.25, 0.3) is 5.69 Å². The maximum Gasteiger partial charge on any atom is 0.277 e. The fourth-order valence-corrected chi connectivity index (χ4v) is 2.21. The van der Waals surface area contributed by atoms with Crippen molar-refractivity contribution in [2.75, 3.05) is 0 Å². The summed E-state index contributed by atoms with van der Waals surface area (Å²) in [6, 6.07) is 8.36. The molecule has 0 aromatic heterocycles. The molecule has 0 amide bonds. The van der Waals surface area contributed by atoms with Gasteiger partial charge >= 0.3 is 0 Å². The molecule has 2 aromatic rings. The minimum absolute atomic E-state index is 0.0522. The molecule has 4 nitrogen and oxygen atoms in total. The molecule has 0 spiro atoms. The van der Waals surface area contributed by atoms with E-state index in [-0.39, 0.29) is 23.1 Å². The van der Waals surface area contributed by atoms with Crippen molar-refractivity contribution in [3.05, 3.63) is 67.4 Å². The molecular weight excluding hydrogens is 353 g/mol. The van der Waals surface area contributed by atoms with Crippen LogP contribution in [0.4, 0.5) is 10.1 Å². The minimum Gasteiger partial charge on any atom is -0.488 e. The number of nitrogens with zero attached hydrogens (tertiary/aromatic N) is 1. The van der Waals surface area contributed by atoms with Crippen molar-refractivity contribution in [3.63, 3.8) is 0 Å². The smallest absolute Gasteiger partial charge is 0.277 e. The molecule has 7 heteroatoms. The molecule has 2 aromatic carbocycles. The highest BCUT2D eigenvalue weighted by molar-refractivity contribution is 9.10. The Kier molecular flexibility index (Phi) is 4.57. The molecule has 0 aliphatic carbocycles. The topological polar surface area (TPSA) is 52.4 Å². The van der Waals surface area contributed by atoms with Crippen LogP contribution >= 0.6 is 27.5 Å². The molecule has 0 unspecified atom stereocenters. The van der Waals surface area contributed by atoms with E-state index in [0.29, 0.717) is 10.0 Å². The largest absolute Gasteiger partial charge is 0.488 e. The van der Waals surface area contributed by atoms with E-state index in [4.69, 9.17) is 16.3 Å². The highest BCUT2D eigenvalue weighted by atomic mass is 79.9. The van der Waals surface area contributed by atoms with E-state index in [0.717, 1.165) is 0 Å². The second-order valence-electron chi connectivity index (χ2n) is 3.92. The lowest BCUT2D eigenvalue weighted by Crippen LogP contribution is -2.01. The summed E-state index contributed by atoms with van der Waals surface area (Å²) >= 11 is 8.86. The monoisotopic (exact) mass is 359 g/mol. The Bertz CT molecular complexity index is 646. The molecule has 0 saturated heterocycles. The fraction of sp³-hybridized carbons (Fsp3) is 0.0769. The second-order valence-corrected chi connectivity index (χ2v) is 5.28. The van der Waals surface area contributed by atoms with E-state index >= 15 is 0 Å². The third-order valence-corrected chi connectivity index (χ3v) is 3.17. The van der Waals surface area contributed by atoms with E-state index in [1.54, 1.807) is 6.07 Å². The zero-order valence-corrected chi connectivity index (χ0v) is 12.3. The van der Waals surface area contributed by atoms with E-state index in [9.17, 15) is 14.5 Å². The average molecular weight is 361 g/mol. The van der Waals surface area contributed by atoms with Crippen LogP contribution < -0.4 is 4.74 Å². The summed E-state index contributed by atoms with van der Waals surface area (Å²) in [5, 5.41) is 11.2. The van der Waals surface area contributed by atoms with Crippen LogP contribution in [0.1, 0.15) is 5.56 Å². The molecule has 0 saturated carbocycles. The second kappa shape index (κ2) is 6.19. The van der Waals surface area contributed by atoms with Crippen molar-refractivity contribution in [3.8, 4) is 5.75 Å². The van der Waals surface area contributed by atoms with Gasteiger partial charge in [0.05, 0.1) is 10.5 Å². The Morgan fingerprint density at radius 2 is 2.05 bits per heavy atom. The standard InChI is InChI=1S/C13H8BrClFNO3/c14-9-3-11(16)6-12(4-9)20-7-8-1-2-10(15)5-13(8)17(18)19/h1-6H,7H2. The van der Waals surface area contributed by atoms with Crippen molar-refractivity contribution in [2.45, 2.75) is 6.61 Å². The quantitative estimate of drug-likeness (QED) is 0.585. The van der Waals surface area contributed by atoms with Gasteiger partial charge < -0.3 is 4.74 Å². The van der Waals surface area contributed by atoms with E-state index in [1.165, 1.54) is 30.3 Å². The number of nitro groups is 1. The molecule has 0 fully saturated rings. The van der Waals surface area contributed by atoms with Crippen molar-refractivity contribution in [1.29, 1.82) is 0 Å². The maximum atomic E-state index is 13.2. The Balaban J connectivity index is 2.20. The lowest BCUT2D eigenvalue weighted by molar-refractivity contribution is -0.385. The van der Waals surface area contributed by atoms with E-state index in [2.05, 4.69) is 15.9 Å². The summed E-state index contributed by atoms with van der Waals surface area (Å²) in [6.07, 6.45) is 0. The summed E-state index contributed by atoms with van der Waals surface area (Å²) in [6.45, 7) is -0.0522. The van der Waals surface area contributed by atoms with E-state index in [1.807, 2.05) is 0 Å². The molecule has 0 N–H and O–H groups in total. The van der Waals surface area contributed by atoms with Crippen LogP contribution in [0.15, 0.2) is 40.9 Å². The zero-order valence-electron chi connectivity index (χ0n) is 9.98. The summed E-state index contributed by atoms with van der Waals surface area (Å²) in [4.78, 5) is 10.4. The number of hydrogen-bond acceptors (Lipinski definition) is 3. The van der Waals surface area contributed by atoms with Crippen molar-refractivity contribution in [2.24, 2.45) is 0 Å². The third-order valence-electron chi connectivity index (χ3n) is 2.47. The molecule has 2 rings (SSSR count). The first-order chi connectivity index (χ1) is 9.45. The highest BCUT2D eigenvalue weighted by Gasteiger charge is 2.15. The normalized spacial score (nSPS) is 10.3. The molecule has 0 aliphatic rings. The van der Waals surface area contributed by atoms with Gasteiger partial charge in [0.2, 0.25) is 0 Å². The fourth-order valence-electron chi connectivity index (χ4n) is 1.60. The predicted molar refractivity (Wildman–Crippen MR) is 76.5 cm³/mol. The average Bonchev–Trinajstić information content (AvgIpc) is 2.36. The van der Waals surface area contributed by atoms with Gasteiger partial charge in [-0.3, -0.25) is 10.1 Å². The van der Waals surface area contributed by atoms with Gasteiger partial charge in [0, 0.05) is 21.6 Å². The molecule has 0 bridgehead atoms. The van der Waals surface area contributed by atoms with Crippen LogP contribution in [0.3, 0.4) is 0 Å². The third kappa shape index (κ3) is 3.68. The van der Waals surface area contributed by atoms with Crippen LogP contribution in [0.2, 0.25) is 5.02 Å². The van der Waals surface area contributed by atoms with Gasteiger partial charge in [-0.2, -0.15) is 0 Å². The Morgan fingerprint density at radius 3 is 2.70 bits per heavy atom. The van der Waals surface area contributed by atoms with Gasteiger partial charge in [-0.15, -0.1) is 0 Å². The first-order valence-corrected chi connectivity index (χ1v) is 6.64. The molecule has 0 atom stereocenters. The number of nitro benzene ring substituents is 1. The molecule has 0 heterocycles. The molecule has 20 heavy (non-hydrogen) atoms. The van der Waals surface area contributed by atoms with Crippen LogP contribution in [-0.4, -0.2) is 4.92 Å². The van der Waals surface area contributed by atoms with Gasteiger partial charge in [0.15, 0.2) is 0 Å². The number of hydrogen-bond donors (Lipinski definition) is 0. The van der Waals surface area contributed by atoms with Gasteiger partial charge in [-0.25, -0.2) is 4.39 Å². The highest BCUT2D eigenvalue weighted by Crippen LogP contribution is 2.26. The van der Waals surface area contributed by atoms with Gasteiger partial charge in [-0.05, 0) is 24.3 Å². The number of ether oxygens (including phenoxy) is 1. The van der Waals surface area contributed by atoms with Crippen LogP contribution in [0, 0.1) is 15.9 Å². The van der Waals surface area contributed by atoms with E-state index < -0.39 is 10.7 Å². The van der Waals surface area contributed by atoms with Gasteiger partial charge in [-0.1, -0.05) is 27.5 Å². The molecule has 0 radical (unpaired) electrons. The zero-order chi connectivity index (χ0) is 14.7. The molecular formula is C13H8BrClFNO3. The summed E-state index contributed by atoms with van der Waals surface area (Å²) in [7, 11) is 0. The SMILES string of the molecule is O=[N+]([O-])c1cc(Cl)ccc1COc1cc(F)cc(Br)c1. The van der Waals surface area contributed by atoms with Crippen LogP contribution in [0.5, 0.6) is 5.75 Å². The predicted octanol–water partition coefficient (Wildman–Crippen LogP) is 4.73. The summed E-state index contributed by atoms with van der Waals surface area (Å²) in [5.41, 5.74) is 0.229. The van der Waals surface area contributed by atoms with Crippen LogP contribution in [-0.2, 0) is 6.61 Å². The molecule has 0 aliphatic heterocycles. The van der Waals surface area contributed by atoms with Gasteiger partial charge in [0.1, 0.15) is 18.2 Å². The first-order valence-electron chi connectivity index (χ1n) is 5.47. The lowest BCUT2D eigenvalue weighted by atomic mass is 10.2. The van der Waals surface area contributed by atoms with Crippen LogP contribution in [0.25, 0.3) is 0 Å². The number of rotatable bonds is 4. The number of benzene rings is 2. The molecule has 104 valence electrons. The summed E-state index contributed by atoms with van der Waals surface area (Å²) < 4.78 is 19.1. The van der Waals surface area contributed by atoms with Crippen molar-refractivity contribution in [1.82, 2.24) is 0 Å². The number of halogens is 3. The Labute approximate surface area is 127 Å². The van der Waals surface area contributed by atoms with Crippen molar-refractivity contribution < 1.29 is 14.1 Å². The Morgan fingerprint density at radius 1 is 1.30 bits per heavy atom. The first kappa shape index (κ1) is 14.7.